The minimum atomic E-state index is 1.18. The number of hydrogen-bond acceptors (Lipinski definition) is 1. The molecule has 16 heavy (non-hydrogen) atoms. The van der Waals surface area contributed by atoms with E-state index in [0.717, 1.165) is 0 Å². The number of rotatable bonds is 10. The topological polar surface area (TPSA) is 3.24 Å². The van der Waals surface area contributed by atoms with Crippen molar-refractivity contribution in [2.45, 2.75) is 72.6 Å². The van der Waals surface area contributed by atoms with E-state index in [2.05, 4.69) is 38.7 Å². The molecule has 0 amide bonds. The molecule has 0 atom stereocenters. The van der Waals surface area contributed by atoms with Gasteiger partial charge in [0.05, 0.1) is 0 Å². The molecule has 0 aliphatic heterocycles. The highest BCUT2D eigenvalue weighted by Gasteiger charge is 2.06. The zero-order valence-electron chi connectivity index (χ0n) is 11.9. The lowest BCUT2D eigenvalue weighted by molar-refractivity contribution is 0.317. The fourth-order valence-corrected chi connectivity index (χ4v) is 2.11. The molecule has 1 nitrogen and oxygen atoms in total. The maximum Gasteiger partial charge on any atom is 0.0174 e. The Kier molecular flexibility index (Phi) is 10.7. The minimum absolute atomic E-state index is 1.18. The third-order valence-corrected chi connectivity index (χ3v) is 3.16. The van der Waals surface area contributed by atoms with Crippen molar-refractivity contribution in [2.24, 2.45) is 0 Å². The van der Waals surface area contributed by atoms with Gasteiger partial charge in [0.1, 0.15) is 0 Å². The molecule has 0 bridgehead atoms. The smallest absolute Gasteiger partial charge is 0.0174 e. The van der Waals surface area contributed by atoms with Crippen molar-refractivity contribution in [3.05, 3.63) is 11.8 Å². The van der Waals surface area contributed by atoms with Crippen molar-refractivity contribution in [3.63, 3.8) is 0 Å². The summed E-state index contributed by atoms with van der Waals surface area (Å²) in [5.41, 5.74) is 1.53. The van der Waals surface area contributed by atoms with Crippen LogP contribution in [0.1, 0.15) is 72.6 Å². The van der Waals surface area contributed by atoms with Crippen LogP contribution < -0.4 is 0 Å². The second-order valence-corrected chi connectivity index (χ2v) is 4.53. The van der Waals surface area contributed by atoms with Crippen molar-refractivity contribution in [1.82, 2.24) is 4.90 Å². The maximum absolute atomic E-state index is 2.60. The molecule has 0 aromatic carbocycles. The average Bonchev–Trinajstić information content (AvgIpc) is 2.30. The Bertz CT molecular complexity index is 162. The third-order valence-electron chi connectivity index (χ3n) is 3.16. The second kappa shape index (κ2) is 11.0. The molecule has 0 N–H and O–H groups in total. The second-order valence-electron chi connectivity index (χ2n) is 4.53. The Morgan fingerprint density at radius 1 is 0.875 bits per heavy atom. The first-order valence-electron chi connectivity index (χ1n) is 7.20. The van der Waals surface area contributed by atoms with Crippen LogP contribution in [0, 0.1) is 0 Å². The molecular weight excluding hydrogens is 194 g/mol. The van der Waals surface area contributed by atoms with Crippen LogP contribution in [-0.4, -0.2) is 18.0 Å². The van der Waals surface area contributed by atoms with Crippen molar-refractivity contribution in [1.29, 1.82) is 0 Å². The maximum atomic E-state index is 2.60. The summed E-state index contributed by atoms with van der Waals surface area (Å²) in [6, 6.07) is 0. The predicted molar refractivity (Wildman–Crippen MR) is 74.7 cm³/mol. The lowest BCUT2D eigenvalue weighted by Gasteiger charge is -2.27. The van der Waals surface area contributed by atoms with Gasteiger partial charge in [-0.05, 0) is 26.2 Å². The first-order chi connectivity index (χ1) is 7.79. The first-order valence-corrected chi connectivity index (χ1v) is 7.20. The molecule has 0 spiro atoms. The lowest BCUT2D eigenvalue weighted by Crippen LogP contribution is -2.25. The van der Waals surface area contributed by atoms with Crippen LogP contribution in [0.5, 0.6) is 0 Å². The van der Waals surface area contributed by atoms with Gasteiger partial charge < -0.3 is 4.90 Å². The van der Waals surface area contributed by atoms with Gasteiger partial charge in [-0.3, -0.25) is 0 Å². The molecule has 0 unspecified atom stereocenters. The van der Waals surface area contributed by atoms with Crippen LogP contribution in [0.3, 0.4) is 0 Å². The quantitative estimate of drug-likeness (QED) is 0.474. The molecule has 1 heteroatoms. The van der Waals surface area contributed by atoms with Gasteiger partial charge in [0, 0.05) is 18.8 Å². The van der Waals surface area contributed by atoms with Crippen LogP contribution in [-0.2, 0) is 0 Å². The summed E-state index contributed by atoms with van der Waals surface area (Å²) in [6.45, 7) is 11.5. The van der Waals surface area contributed by atoms with Gasteiger partial charge in [0.15, 0.2) is 0 Å². The SMILES string of the molecule is C/C=C(/CC)N(CCCCC)CCCCC. The number of nitrogens with zero attached hydrogens (tertiary/aromatic N) is 1. The Balaban J connectivity index is 4.04. The highest BCUT2D eigenvalue weighted by atomic mass is 15.1. The van der Waals surface area contributed by atoms with Gasteiger partial charge in [-0.25, -0.2) is 0 Å². The van der Waals surface area contributed by atoms with E-state index in [9.17, 15) is 0 Å². The molecule has 0 saturated heterocycles. The summed E-state index contributed by atoms with van der Waals surface area (Å²) in [5.74, 6) is 0. The fourth-order valence-electron chi connectivity index (χ4n) is 2.11. The van der Waals surface area contributed by atoms with Gasteiger partial charge in [-0.15, -0.1) is 0 Å². The van der Waals surface area contributed by atoms with Crippen molar-refractivity contribution in [3.8, 4) is 0 Å². The van der Waals surface area contributed by atoms with E-state index in [-0.39, 0.29) is 0 Å². The summed E-state index contributed by atoms with van der Waals surface area (Å²) in [5, 5.41) is 0. The van der Waals surface area contributed by atoms with Crippen molar-refractivity contribution < 1.29 is 0 Å². The summed E-state index contributed by atoms with van der Waals surface area (Å²) in [4.78, 5) is 2.60. The third kappa shape index (κ3) is 6.92. The molecule has 0 aliphatic carbocycles. The zero-order valence-corrected chi connectivity index (χ0v) is 11.9. The molecule has 0 radical (unpaired) electrons. The van der Waals surface area contributed by atoms with Crippen LogP contribution in [0.25, 0.3) is 0 Å². The van der Waals surface area contributed by atoms with E-state index < -0.39 is 0 Å². The molecule has 0 heterocycles. The van der Waals surface area contributed by atoms with Gasteiger partial charge in [-0.1, -0.05) is 52.5 Å². The molecule has 0 aromatic rings. The van der Waals surface area contributed by atoms with Gasteiger partial charge in [0.25, 0.3) is 0 Å². The van der Waals surface area contributed by atoms with Gasteiger partial charge >= 0.3 is 0 Å². The lowest BCUT2D eigenvalue weighted by atomic mass is 10.2. The molecular formula is C15H31N. The number of allylic oxidation sites excluding steroid dienone is 2. The fraction of sp³-hybridized carbons (Fsp3) is 0.867. The Morgan fingerprint density at radius 2 is 1.38 bits per heavy atom. The van der Waals surface area contributed by atoms with E-state index >= 15 is 0 Å². The summed E-state index contributed by atoms with van der Waals surface area (Å²) < 4.78 is 0. The monoisotopic (exact) mass is 225 g/mol. The van der Waals surface area contributed by atoms with Gasteiger partial charge in [0.2, 0.25) is 0 Å². The highest BCUT2D eigenvalue weighted by Crippen LogP contribution is 2.12. The first kappa shape index (κ1) is 15.5. The highest BCUT2D eigenvalue weighted by molar-refractivity contribution is 4.98. The molecule has 0 fully saturated rings. The van der Waals surface area contributed by atoms with E-state index in [0.29, 0.717) is 0 Å². The molecule has 96 valence electrons. The van der Waals surface area contributed by atoms with E-state index in [1.165, 1.54) is 63.7 Å². The Labute approximate surface area is 103 Å². The number of hydrogen-bond donors (Lipinski definition) is 0. The molecule has 0 saturated carbocycles. The summed E-state index contributed by atoms with van der Waals surface area (Å²) in [6.07, 6.45) is 11.5. The predicted octanol–water partition coefficient (Wildman–Crippen LogP) is 4.98. The minimum Gasteiger partial charge on any atom is -0.375 e. The van der Waals surface area contributed by atoms with Gasteiger partial charge in [-0.2, -0.15) is 0 Å². The molecule has 0 aliphatic rings. The summed E-state index contributed by atoms with van der Waals surface area (Å²) in [7, 11) is 0. The number of unbranched alkanes of at least 4 members (excludes halogenated alkanes) is 4. The molecule has 0 rings (SSSR count). The van der Waals surface area contributed by atoms with Crippen molar-refractivity contribution >= 4 is 0 Å². The van der Waals surface area contributed by atoms with Crippen molar-refractivity contribution in [2.75, 3.05) is 13.1 Å². The summed E-state index contributed by atoms with van der Waals surface area (Å²) >= 11 is 0. The van der Waals surface area contributed by atoms with Crippen LogP contribution in [0.2, 0.25) is 0 Å². The van der Waals surface area contributed by atoms with Crippen LogP contribution >= 0.6 is 0 Å². The van der Waals surface area contributed by atoms with Crippen LogP contribution in [0.15, 0.2) is 11.8 Å². The van der Waals surface area contributed by atoms with E-state index in [1.54, 1.807) is 0 Å². The molecule has 0 aromatic heterocycles. The standard InChI is InChI=1S/C15H31N/c1-5-9-11-13-16(14-12-10-6-2)15(7-3)8-4/h7H,5-6,8-14H2,1-4H3/b15-7-. The Hall–Kier alpha value is -0.460. The Morgan fingerprint density at radius 3 is 1.69 bits per heavy atom. The average molecular weight is 225 g/mol. The largest absolute Gasteiger partial charge is 0.375 e. The van der Waals surface area contributed by atoms with E-state index in [4.69, 9.17) is 0 Å². The van der Waals surface area contributed by atoms with E-state index in [1.807, 2.05) is 0 Å². The van der Waals surface area contributed by atoms with Crippen LogP contribution in [0.4, 0.5) is 0 Å². The zero-order chi connectivity index (χ0) is 12.2. The normalized spacial score (nSPS) is 11.9.